The molecule has 0 N–H and O–H groups in total. The van der Waals surface area contributed by atoms with E-state index in [-0.39, 0.29) is 6.71 Å². The lowest BCUT2D eigenvalue weighted by molar-refractivity contribution is 1.26. The summed E-state index contributed by atoms with van der Waals surface area (Å²) in [6, 6.07) is 68.5. The summed E-state index contributed by atoms with van der Waals surface area (Å²) in [4.78, 5) is 5.28. The molecule has 10 rings (SSSR count). The second-order valence-electron chi connectivity index (χ2n) is 23.2. The molecule has 8 aromatic rings. The number of nitrogens with zero attached hydrogens (tertiary/aromatic N) is 2. The molecule has 7 heteroatoms. The van der Waals surface area contributed by atoms with Gasteiger partial charge in [0.25, 0.3) is 6.71 Å². The molecule has 0 bridgehead atoms. The van der Waals surface area contributed by atoms with E-state index in [1.54, 1.807) is 0 Å². The van der Waals surface area contributed by atoms with Gasteiger partial charge < -0.3 is 9.80 Å². The van der Waals surface area contributed by atoms with Gasteiger partial charge >= 0.3 is 0 Å². The van der Waals surface area contributed by atoms with E-state index in [0.29, 0.717) is 0 Å². The van der Waals surface area contributed by atoms with Crippen molar-refractivity contribution in [1.29, 1.82) is 0 Å². The van der Waals surface area contributed by atoms with Crippen LogP contribution < -0.4 is 46.9 Å². The number of hydrogen-bond acceptors (Lipinski definition) is 2. The van der Waals surface area contributed by atoms with E-state index >= 15 is 0 Å². The molecule has 0 unspecified atom stereocenters. The van der Waals surface area contributed by atoms with Crippen LogP contribution in [0.15, 0.2) is 176 Å². The average molecular weight is 937 g/mol. The molecule has 0 spiro atoms. The Balaban J connectivity index is 1.33. The number of fused-ring (bicyclic) bond motifs is 4. The topological polar surface area (TPSA) is 6.48 Å². The molecule has 0 amide bonds. The zero-order valence-electron chi connectivity index (χ0n) is 41.7. The van der Waals surface area contributed by atoms with Crippen molar-refractivity contribution in [2.45, 2.75) is 78.6 Å². The van der Waals surface area contributed by atoms with Crippen molar-refractivity contribution in [3.8, 4) is 33.4 Å². The first-order chi connectivity index (χ1) is 31.7. The van der Waals surface area contributed by atoms with Crippen LogP contribution in [0.5, 0.6) is 0 Å². The average Bonchev–Trinajstić information content (AvgIpc) is 3.30. The Morgan fingerprint density at radius 2 is 0.597 bits per heavy atom. The summed E-state index contributed by atoms with van der Waals surface area (Å²) >= 11 is 0. The molecular formula is C60H65BN2Si4. The minimum atomic E-state index is -1.71. The SMILES string of the molecule is C[Si](C)(C)c1ccc(N2c3cc([Si](C)(C)C)ccc3B3c4ccc([Si](C)(C)C)cc4N(c4ccc([Si](C)(C)C)cc4)c4cc(-c5cc(-c6ccccc6)cc(-c6ccccc6)c5)cc2c43)cc1. The van der Waals surface area contributed by atoms with E-state index in [1.807, 2.05) is 0 Å². The zero-order valence-corrected chi connectivity index (χ0v) is 45.7. The van der Waals surface area contributed by atoms with Crippen LogP contribution in [-0.2, 0) is 0 Å². The van der Waals surface area contributed by atoms with Gasteiger partial charge in [-0.05, 0) is 116 Å². The molecule has 0 atom stereocenters. The molecular weight excluding hydrogens is 872 g/mol. The zero-order chi connectivity index (χ0) is 47.2. The van der Waals surface area contributed by atoms with E-state index in [0.717, 1.165) is 0 Å². The Kier molecular flexibility index (Phi) is 11.1. The molecule has 0 saturated carbocycles. The first-order valence-corrected chi connectivity index (χ1v) is 38.3. The van der Waals surface area contributed by atoms with Gasteiger partial charge in [0.1, 0.15) is 0 Å². The molecule has 2 aliphatic rings. The molecule has 2 nitrogen and oxygen atoms in total. The summed E-state index contributed by atoms with van der Waals surface area (Å²) in [5.41, 5.74) is 19.0. The lowest BCUT2D eigenvalue weighted by Crippen LogP contribution is -2.62. The normalized spacial score (nSPS) is 13.6. The van der Waals surface area contributed by atoms with E-state index < -0.39 is 32.3 Å². The molecule has 2 heterocycles. The fraction of sp³-hybridized carbons (Fsp3) is 0.200. The van der Waals surface area contributed by atoms with Gasteiger partial charge in [-0.15, -0.1) is 0 Å². The number of benzene rings is 8. The second-order valence-corrected chi connectivity index (χ2v) is 43.5. The van der Waals surface area contributed by atoms with E-state index in [4.69, 9.17) is 0 Å². The first kappa shape index (κ1) is 45.1. The van der Waals surface area contributed by atoms with Crippen molar-refractivity contribution >= 4 is 110 Å². The van der Waals surface area contributed by atoms with Crippen molar-refractivity contribution < 1.29 is 0 Å². The maximum atomic E-state index is 2.64. The van der Waals surface area contributed by atoms with Crippen LogP contribution in [-0.4, -0.2) is 39.0 Å². The molecule has 0 aliphatic carbocycles. The highest BCUT2D eigenvalue weighted by atomic mass is 28.3. The summed E-state index contributed by atoms with van der Waals surface area (Å²) < 4.78 is 0. The standard InChI is InChI=1S/C60H65BN2Si4/c1-64(2,3)50-27-23-48(24-28-50)62-56-40-52(66(7,8)9)31-33-54(56)61-55-34-32-53(67(10,11)12)41-57(55)63(49-25-29-51(30-26-49)65(4,5)6)59-39-47(38-58(62)60(59)61)46-36-44(42-19-15-13-16-20-42)35-45(37-46)43-21-17-14-18-22-43/h13-41H,1-12H3. The molecule has 0 aromatic heterocycles. The van der Waals surface area contributed by atoms with Crippen LogP contribution >= 0.6 is 0 Å². The second kappa shape index (κ2) is 16.5. The molecule has 0 saturated heterocycles. The molecule has 0 radical (unpaired) electrons. The van der Waals surface area contributed by atoms with Crippen molar-refractivity contribution in [3.05, 3.63) is 176 Å². The Bertz CT molecular complexity index is 2950. The monoisotopic (exact) mass is 936 g/mol. The molecule has 67 heavy (non-hydrogen) atoms. The molecule has 334 valence electrons. The van der Waals surface area contributed by atoms with Gasteiger partial charge in [0.05, 0.1) is 32.3 Å². The molecule has 2 aliphatic heterocycles. The smallest absolute Gasteiger partial charge is 0.252 e. The van der Waals surface area contributed by atoms with Crippen molar-refractivity contribution in [2.24, 2.45) is 0 Å². The van der Waals surface area contributed by atoms with E-state index in [9.17, 15) is 0 Å². The third kappa shape index (κ3) is 8.39. The largest absolute Gasteiger partial charge is 0.311 e. The van der Waals surface area contributed by atoms with Gasteiger partial charge in [-0.3, -0.25) is 0 Å². The number of rotatable bonds is 9. The Morgan fingerprint density at radius 1 is 0.284 bits per heavy atom. The van der Waals surface area contributed by atoms with Crippen LogP contribution in [0.3, 0.4) is 0 Å². The van der Waals surface area contributed by atoms with Crippen molar-refractivity contribution in [1.82, 2.24) is 0 Å². The Hall–Kier alpha value is -5.71. The Labute approximate surface area is 405 Å². The first-order valence-electron chi connectivity index (χ1n) is 24.3. The van der Waals surface area contributed by atoms with Crippen molar-refractivity contribution in [2.75, 3.05) is 9.80 Å². The van der Waals surface area contributed by atoms with Gasteiger partial charge in [0.15, 0.2) is 0 Å². The summed E-state index contributed by atoms with van der Waals surface area (Å²) in [6.45, 7) is 29.7. The maximum absolute atomic E-state index is 2.64. The predicted octanol–water partition coefficient (Wildman–Crippen LogP) is 13.0. The summed E-state index contributed by atoms with van der Waals surface area (Å²) in [5, 5.41) is 5.91. The van der Waals surface area contributed by atoms with Crippen LogP contribution in [0, 0.1) is 0 Å². The summed E-state index contributed by atoms with van der Waals surface area (Å²) in [7, 11) is -6.54. The van der Waals surface area contributed by atoms with Gasteiger partial charge in [-0.2, -0.15) is 0 Å². The minimum absolute atomic E-state index is 0.0564. The summed E-state index contributed by atoms with van der Waals surface area (Å²) in [5.74, 6) is 0. The predicted molar refractivity (Wildman–Crippen MR) is 309 cm³/mol. The van der Waals surface area contributed by atoms with Crippen LogP contribution in [0.2, 0.25) is 78.6 Å². The fourth-order valence-corrected chi connectivity index (χ4v) is 14.9. The van der Waals surface area contributed by atoms with Crippen LogP contribution in [0.1, 0.15) is 0 Å². The molecule has 8 aromatic carbocycles. The lowest BCUT2D eigenvalue weighted by Gasteiger charge is -2.45. The van der Waals surface area contributed by atoms with Gasteiger partial charge in [-0.1, -0.05) is 209 Å². The van der Waals surface area contributed by atoms with Gasteiger partial charge in [0, 0.05) is 34.1 Å². The Morgan fingerprint density at radius 3 is 0.940 bits per heavy atom. The van der Waals surface area contributed by atoms with Gasteiger partial charge in [0.2, 0.25) is 0 Å². The fourth-order valence-electron chi connectivity index (χ4n) is 10.3. The highest BCUT2D eigenvalue weighted by Crippen LogP contribution is 2.46. The van der Waals surface area contributed by atoms with E-state index in [1.165, 1.54) is 105 Å². The van der Waals surface area contributed by atoms with Crippen LogP contribution in [0.25, 0.3) is 33.4 Å². The quantitative estimate of drug-likeness (QED) is 0.133. The maximum Gasteiger partial charge on any atom is 0.252 e. The summed E-state index contributed by atoms with van der Waals surface area (Å²) in [6.07, 6.45) is 0. The lowest BCUT2D eigenvalue weighted by atomic mass is 9.33. The number of anilines is 6. The molecule has 0 fully saturated rings. The van der Waals surface area contributed by atoms with Crippen molar-refractivity contribution in [3.63, 3.8) is 0 Å². The highest BCUT2D eigenvalue weighted by Gasteiger charge is 2.44. The minimum Gasteiger partial charge on any atom is -0.311 e. The third-order valence-corrected chi connectivity index (χ3v) is 22.5. The van der Waals surface area contributed by atoms with Gasteiger partial charge in [-0.25, -0.2) is 0 Å². The van der Waals surface area contributed by atoms with Crippen LogP contribution in [0.4, 0.5) is 34.1 Å². The van der Waals surface area contributed by atoms with E-state index in [2.05, 4.69) is 264 Å². The number of hydrogen-bond donors (Lipinski definition) is 0. The highest BCUT2D eigenvalue weighted by molar-refractivity contribution is 7.01. The third-order valence-electron chi connectivity index (χ3n) is 14.3.